The van der Waals surface area contributed by atoms with Crippen LogP contribution in [0.5, 0.6) is 0 Å². The number of nitriles is 1. The van der Waals surface area contributed by atoms with Crippen molar-refractivity contribution in [3.05, 3.63) is 29.8 Å². The van der Waals surface area contributed by atoms with Crippen LogP contribution in [0.25, 0.3) is 0 Å². The predicted molar refractivity (Wildman–Crippen MR) is 145 cm³/mol. The van der Waals surface area contributed by atoms with Crippen molar-refractivity contribution in [2.24, 2.45) is 17.3 Å². The van der Waals surface area contributed by atoms with E-state index in [2.05, 4.69) is 22.0 Å². The molecule has 1 aromatic carbocycles. The smallest absolute Gasteiger partial charge is 0.246 e. The molecule has 2 heterocycles. The molecule has 9 nitrogen and oxygen atoms in total. The van der Waals surface area contributed by atoms with Gasteiger partial charge in [0.1, 0.15) is 18.1 Å². The van der Waals surface area contributed by atoms with Gasteiger partial charge in [0.2, 0.25) is 23.6 Å². The first-order valence-electron chi connectivity index (χ1n) is 14.2. The summed E-state index contributed by atoms with van der Waals surface area (Å²) in [5, 5.41) is 18.9. The largest absolute Gasteiger partial charge is 0.344 e. The van der Waals surface area contributed by atoms with Crippen molar-refractivity contribution in [2.45, 2.75) is 95.7 Å². The maximum Gasteiger partial charge on any atom is 0.246 e. The van der Waals surface area contributed by atoms with Crippen LogP contribution in [0.2, 0.25) is 0 Å². The van der Waals surface area contributed by atoms with Gasteiger partial charge in [-0.1, -0.05) is 58.2 Å². The normalized spacial score (nSPS) is 25.7. The molecule has 4 aliphatic rings. The first kappa shape index (κ1) is 27.2. The fourth-order valence-electron chi connectivity index (χ4n) is 6.15. The fourth-order valence-corrected chi connectivity index (χ4v) is 6.15. The van der Waals surface area contributed by atoms with Crippen LogP contribution in [0.1, 0.15) is 77.7 Å². The van der Waals surface area contributed by atoms with E-state index in [-0.39, 0.29) is 47.9 Å². The Kier molecular flexibility index (Phi) is 7.17. The molecule has 0 unspecified atom stereocenters. The summed E-state index contributed by atoms with van der Waals surface area (Å²) in [6.45, 7) is 6.06. The molecule has 0 aromatic heterocycles. The number of carbonyl (C=O) groups excluding carboxylic acids is 4. The van der Waals surface area contributed by atoms with E-state index in [1.807, 2.05) is 45.0 Å². The number of hydrogen-bond acceptors (Lipinski definition) is 5. The third-order valence-corrected chi connectivity index (χ3v) is 8.72. The lowest BCUT2D eigenvalue weighted by Crippen LogP contribution is -2.57. The molecule has 4 atom stereocenters. The van der Waals surface area contributed by atoms with Crippen molar-refractivity contribution in [3.8, 4) is 6.07 Å². The second kappa shape index (κ2) is 10.3. The Balaban J connectivity index is 1.36. The highest BCUT2D eigenvalue weighted by Gasteiger charge is 2.56. The van der Waals surface area contributed by atoms with Crippen LogP contribution in [-0.4, -0.2) is 53.2 Å². The van der Waals surface area contributed by atoms with Crippen molar-refractivity contribution in [1.82, 2.24) is 15.5 Å². The summed E-state index contributed by atoms with van der Waals surface area (Å²) >= 11 is 0. The fraction of sp³-hybridized carbons (Fsp3) is 0.633. The zero-order valence-corrected chi connectivity index (χ0v) is 23.1. The minimum atomic E-state index is -0.992. The first-order chi connectivity index (χ1) is 18.5. The standard InChI is InChI=1S/C30H39N5O4/c1-29(2,3)15-24(33-26(37)23(13-18-11-12-18)32-25(36)19-7-6-8-19)27(38)35-17-30(14-20(35)16-31)21-9-4-5-10-22(21)34-28(30)39/h4-5,9-10,18-20,23-24H,6-8,11-15,17H2,1-3H3,(H,32,36)(H,33,37)(H,34,39)/t20-,23-,24-,30-/m0/s1. The van der Waals surface area contributed by atoms with E-state index in [0.29, 0.717) is 24.4 Å². The number of rotatable bonds is 8. The molecule has 3 N–H and O–H groups in total. The molecule has 2 saturated carbocycles. The SMILES string of the molecule is CC(C)(C)C[C@H](NC(=O)[C@H](CC1CC1)NC(=O)C1CCC1)C(=O)N1C[C@]2(C[C@H]1C#N)C(=O)Nc1ccccc12. The summed E-state index contributed by atoms with van der Waals surface area (Å²) in [6, 6.07) is 7.26. The Labute approximate surface area is 230 Å². The number of nitrogens with one attached hydrogen (secondary N) is 3. The van der Waals surface area contributed by atoms with Crippen molar-refractivity contribution in [2.75, 3.05) is 11.9 Å². The molecule has 4 amide bonds. The maximum atomic E-state index is 14.1. The molecule has 1 aromatic rings. The molecule has 0 bridgehead atoms. The van der Waals surface area contributed by atoms with E-state index in [1.165, 1.54) is 4.90 Å². The van der Waals surface area contributed by atoms with Crippen molar-refractivity contribution < 1.29 is 19.2 Å². The number of carbonyl (C=O) groups is 4. The minimum absolute atomic E-state index is 0.0379. The highest BCUT2D eigenvalue weighted by molar-refractivity contribution is 6.07. The molecule has 2 aliphatic carbocycles. The Morgan fingerprint density at radius 1 is 1.13 bits per heavy atom. The second-order valence-corrected chi connectivity index (χ2v) is 13.1. The lowest BCUT2D eigenvalue weighted by atomic mass is 9.80. The van der Waals surface area contributed by atoms with E-state index < -0.39 is 23.5 Å². The monoisotopic (exact) mass is 533 g/mol. The Hall–Kier alpha value is -3.41. The van der Waals surface area contributed by atoms with Crippen molar-refractivity contribution in [3.63, 3.8) is 0 Å². The van der Waals surface area contributed by atoms with Gasteiger partial charge in [-0.3, -0.25) is 19.2 Å². The Bertz CT molecular complexity index is 1210. The lowest BCUT2D eigenvalue weighted by Gasteiger charge is -2.32. The molecule has 2 aliphatic heterocycles. The van der Waals surface area contributed by atoms with Crippen LogP contribution in [0.4, 0.5) is 5.69 Å². The zero-order chi connectivity index (χ0) is 27.9. The summed E-state index contributed by atoms with van der Waals surface area (Å²) in [5.41, 5.74) is 0.211. The quantitative estimate of drug-likeness (QED) is 0.473. The first-order valence-corrected chi connectivity index (χ1v) is 14.2. The molecule has 9 heteroatoms. The third kappa shape index (κ3) is 5.52. The van der Waals surface area contributed by atoms with Crippen LogP contribution < -0.4 is 16.0 Å². The molecule has 39 heavy (non-hydrogen) atoms. The molecule has 5 rings (SSSR count). The highest BCUT2D eigenvalue weighted by atomic mass is 16.2. The molecule has 1 saturated heterocycles. The summed E-state index contributed by atoms with van der Waals surface area (Å²) in [6.07, 6.45) is 5.92. The number of fused-ring (bicyclic) bond motifs is 2. The Morgan fingerprint density at radius 2 is 1.85 bits per heavy atom. The molecule has 1 spiro atoms. The maximum absolute atomic E-state index is 14.1. The summed E-state index contributed by atoms with van der Waals surface area (Å²) in [4.78, 5) is 55.0. The summed E-state index contributed by atoms with van der Waals surface area (Å²) in [7, 11) is 0. The summed E-state index contributed by atoms with van der Waals surface area (Å²) in [5.74, 6) is -0.653. The molecule has 3 fully saturated rings. The minimum Gasteiger partial charge on any atom is -0.344 e. The lowest BCUT2D eigenvalue weighted by molar-refractivity contribution is -0.139. The van der Waals surface area contributed by atoms with E-state index in [9.17, 15) is 24.4 Å². The number of benzene rings is 1. The molecule has 208 valence electrons. The second-order valence-electron chi connectivity index (χ2n) is 13.1. The topological polar surface area (TPSA) is 131 Å². The van der Waals surface area contributed by atoms with Crippen molar-refractivity contribution in [1.29, 1.82) is 5.26 Å². The number of para-hydroxylation sites is 1. The van der Waals surface area contributed by atoms with Crippen LogP contribution in [-0.2, 0) is 24.6 Å². The van der Waals surface area contributed by atoms with Gasteiger partial charge in [-0.25, -0.2) is 0 Å². The number of nitrogens with zero attached hydrogens (tertiary/aromatic N) is 2. The highest BCUT2D eigenvalue weighted by Crippen LogP contribution is 2.46. The van der Waals surface area contributed by atoms with Gasteiger partial charge in [0, 0.05) is 24.6 Å². The van der Waals surface area contributed by atoms with Gasteiger partial charge in [0.15, 0.2) is 0 Å². The average molecular weight is 534 g/mol. The van der Waals surface area contributed by atoms with Gasteiger partial charge < -0.3 is 20.9 Å². The van der Waals surface area contributed by atoms with Gasteiger partial charge in [0.25, 0.3) is 0 Å². The van der Waals surface area contributed by atoms with Crippen LogP contribution in [0.3, 0.4) is 0 Å². The van der Waals surface area contributed by atoms with Gasteiger partial charge in [-0.2, -0.15) is 5.26 Å². The van der Waals surface area contributed by atoms with Gasteiger partial charge in [0.05, 0.1) is 11.5 Å². The Morgan fingerprint density at radius 3 is 2.46 bits per heavy atom. The number of likely N-dealkylation sites (tertiary alicyclic amines) is 1. The van der Waals surface area contributed by atoms with Crippen LogP contribution in [0, 0.1) is 28.6 Å². The molecular weight excluding hydrogens is 494 g/mol. The number of hydrogen-bond donors (Lipinski definition) is 3. The van der Waals surface area contributed by atoms with Gasteiger partial charge in [-0.15, -0.1) is 0 Å². The molecule has 0 radical (unpaired) electrons. The number of amides is 4. The van der Waals surface area contributed by atoms with Gasteiger partial charge >= 0.3 is 0 Å². The third-order valence-electron chi connectivity index (χ3n) is 8.72. The van der Waals surface area contributed by atoms with Crippen molar-refractivity contribution >= 4 is 29.3 Å². The van der Waals surface area contributed by atoms with E-state index in [1.54, 1.807) is 0 Å². The van der Waals surface area contributed by atoms with E-state index in [0.717, 1.165) is 37.7 Å². The summed E-state index contributed by atoms with van der Waals surface area (Å²) < 4.78 is 0. The van der Waals surface area contributed by atoms with Crippen LogP contribution in [0.15, 0.2) is 24.3 Å². The average Bonchev–Trinajstić information content (AvgIpc) is 3.50. The van der Waals surface area contributed by atoms with E-state index in [4.69, 9.17) is 0 Å². The molecular formula is C30H39N5O4. The zero-order valence-electron chi connectivity index (χ0n) is 23.1. The van der Waals surface area contributed by atoms with E-state index >= 15 is 0 Å². The van der Waals surface area contributed by atoms with Crippen LogP contribution >= 0.6 is 0 Å². The van der Waals surface area contributed by atoms with Gasteiger partial charge in [-0.05, 0) is 48.6 Å². The number of anilines is 1. The predicted octanol–water partition coefficient (Wildman–Crippen LogP) is 3.01.